The van der Waals surface area contributed by atoms with Crippen molar-refractivity contribution in [3.63, 3.8) is 0 Å². The lowest BCUT2D eigenvalue weighted by atomic mass is 9.89. The van der Waals surface area contributed by atoms with Gasteiger partial charge >= 0.3 is 0 Å². The maximum absolute atomic E-state index is 11.0. The molecular weight excluding hydrogens is 136 g/mol. The summed E-state index contributed by atoms with van der Waals surface area (Å²) in [6, 6.07) is 0. The van der Waals surface area contributed by atoms with Gasteiger partial charge in [-0.05, 0) is 12.8 Å². The summed E-state index contributed by atoms with van der Waals surface area (Å²) in [5, 5.41) is 0. The zero-order valence-electron chi connectivity index (χ0n) is 7.14. The number of carbonyl (C=O) groups is 1. The number of rotatable bonds is 1. The third-order valence-corrected chi connectivity index (χ3v) is 2.56. The maximum atomic E-state index is 11.0. The van der Waals surface area contributed by atoms with Crippen LogP contribution in [0, 0.1) is 12.8 Å². The van der Waals surface area contributed by atoms with Gasteiger partial charge in [0.1, 0.15) is 5.78 Å². The highest BCUT2D eigenvalue weighted by Gasteiger charge is 2.14. The van der Waals surface area contributed by atoms with Crippen molar-refractivity contribution in [3.05, 3.63) is 6.92 Å². The van der Waals surface area contributed by atoms with Gasteiger partial charge in [0.25, 0.3) is 0 Å². The molecule has 0 N–H and O–H groups in total. The molecule has 63 valence electrons. The van der Waals surface area contributed by atoms with E-state index in [1.807, 2.05) is 0 Å². The van der Waals surface area contributed by atoms with Crippen LogP contribution in [0.2, 0.25) is 0 Å². The summed E-state index contributed by atoms with van der Waals surface area (Å²) in [5.41, 5.74) is 0. The molecule has 0 aromatic carbocycles. The van der Waals surface area contributed by atoms with Crippen LogP contribution in [0.25, 0.3) is 0 Å². The van der Waals surface area contributed by atoms with Crippen LogP contribution < -0.4 is 0 Å². The molecule has 1 saturated carbocycles. The molecule has 0 aromatic heterocycles. The first-order valence-electron chi connectivity index (χ1n) is 4.66. The summed E-state index contributed by atoms with van der Waals surface area (Å²) in [4.78, 5) is 11.0. The lowest BCUT2D eigenvalue weighted by Gasteiger charge is -2.16. The van der Waals surface area contributed by atoms with Gasteiger partial charge in [-0.15, -0.1) is 0 Å². The summed E-state index contributed by atoms with van der Waals surface area (Å²) in [6.45, 7) is 3.50. The molecule has 0 aliphatic heterocycles. The highest BCUT2D eigenvalue weighted by atomic mass is 16.1. The summed E-state index contributed by atoms with van der Waals surface area (Å²) >= 11 is 0. The molecule has 0 bridgehead atoms. The number of carbonyl (C=O) groups excluding carboxylic acids is 1. The van der Waals surface area contributed by atoms with E-state index < -0.39 is 0 Å². The summed E-state index contributed by atoms with van der Waals surface area (Å²) in [6.07, 6.45) is 8.61. The van der Waals surface area contributed by atoms with Gasteiger partial charge in [-0.2, -0.15) is 0 Å². The highest BCUT2D eigenvalue weighted by Crippen LogP contribution is 2.22. The monoisotopic (exact) mass is 153 g/mol. The van der Waals surface area contributed by atoms with E-state index in [1.165, 1.54) is 32.1 Å². The number of ketones is 1. The molecule has 0 spiro atoms. The minimum atomic E-state index is 0.159. The molecule has 1 fully saturated rings. The molecule has 0 aromatic rings. The van der Waals surface area contributed by atoms with Gasteiger partial charge in [0.2, 0.25) is 0 Å². The summed E-state index contributed by atoms with van der Waals surface area (Å²) in [7, 11) is 0. The Kier molecular flexibility index (Phi) is 3.61. The molecule has 1 heteroatoms. The fourth-order valence-corrected chi connectivity index (χ4v) is 1.78. The molecule has 0 atom stereocenters. The Bertz CT molecular complexity index is 121. The van der Waals surface area contributed by atoms with Crippen molar-refractivity contribution in [1.29, 1.82) is 0 Å². The Morgan fingerprint density at radius 2 is 1.45 bits per heavy atom. The first-order chi connectivity index (χ1) is 5.30. The second-order valence-electron chi connectivity index (χ2n) is 3.51. The van der Waals surface area contributed by atoms with Gasteiger partial charge in [0, 0.05) is 12.8 Å². The third-order valence-electron chi connectivity index (χ3n) is 2.56. The minimum absolute atomic E-state index is 0.159. The Balaban J connectivity index is 2.32. The van der Waals surface area contributed by atoms with Crippen molar-refractivity contribution >= 4 is 5.78 Å². The Morgan fingerprint density at radius 3 is 1.91 bits per heavy atom. The average Bonchev–Trinajstić information content (AvgIpc) is 1.84. The average molecular weight is 153 g/mol. The zero-order valence-corrected chi connectivity index (χ0v) is 7.14. The van der Waals surface area contributed by atoms with Crippen LogP contribution in [0.4, 0.5) is 0 Å². The van der Waals surface area contributed by atoms with Crippen molar-refractivity contribution in [3.8, 4) is 0 Å². The molecule has 1 aliphatic carbocycles. The standard InChI is InChI=1S/C10H17O/c1-9(11)10-7-5-3-2-4-6-8-10/h10H,1-8H2. The predicted octanol–water partition coefficient (Wildman–Crippen LogP) is 2.75. The second kappa shape index (κ2) is 4.53. The van der Waals surface area contributed by atoms with Gasteiger partial charge in [-0.25, -0.2) is 0 Å². The van der Waals surface area contributed by atoms with E-state index in [4.69, 9.17) is 0 Å². The fourth-order valence-electron chi connectivity index (χ4n) is 1.78. The molecule has 1 rings (SSSR count). The smallest absolute Gasteiger partial charge is 0.136 e. The van der Waals surface area contributed by atoms with E-state index in [9.17, 15) is 4.79 Å². The summed E-state index contributed by atoms with van der Waals surface area (Å²) in [5.74, 6) is 0.446. The molecule has 11 heavy (non-hydrogen) atoms. The molecule has 0 amide bonds. The molecule has 1 aliphatic rings. The van der Waals surface area contributed by atoms with Crippen molar-refractivity contribution < 1.29 is 4.79 Å². The van der Waals surface area contributed by atoms with Gasteiger partial charge in [0.15, 0.2) is 0 Å². The van der Waals surface area contributed by atoms with Crippen LogP contribution >= 0.6 is 0 Å². The Hall–Kier alpha value is -0.330. The quantitative estimate of drug-likeness (QED) is 0.566. The van der Waals surface area contributed by atoms with Crippen molar-refractivity contribution in [2.45, 2.75) is 44.9 Å². The van der Waals surface area contributed by atoms with E-state index in [1.54, 1.807) is 0 Å². The lowest BCUT2D eigenvalue weighted by molar-refractivity contribution is -0.119. The number of Topliss-reactive ketones (excluding diaryl/α,β-unsaturated/α-hetero) is 1. The molecular formula is C10H17O. The van der Waals surface area contributed by atoms with Crippen LogP contribution in [-0.2, 0) is 4.79 Å². The minimum Gasteiger partial charge on any atom is -0.299 e. The van der Waals surface area contributed by atoms with Crippen LogP contribution in [-0.4, -0.2) is 5.78 Å². The normalized spacial score (nSPS) is 22.3. The van der Waals surface area contributed by atoms with E-state index in [0.29, 0.717) is 0 Å². The van der Waals surface area contributed by atoms with Crippen LogP contribution in [0.15, 0.2) is 0 Å². The van der Waals surface area contributed by atoms with E-state index in [0.717, 1.165) is 12.8 Å². The van der Waals surface area contributed by atoms with Gasteiger partial charge in [0.05, 0.1) is 0 Å². The topological polar surface area (TPSA) is 17.1 Å². The Morgan fingerprint density at radius 1 is 1.00 bits per heavy atom. The first kappa shape index (κ1) is 8.76. The lowest BCUT2D eigenvalue weighted by Crippen LogP contribution is -2.12. The first-order valence-corrected chi connectivity index (χ1v) is 4.66. The second-order valence-corrected chi connectivity index (χ2v) is 3.51. The Labute approximate surface area is 69.2 Å². The van der Waals surface area contributed by atoms with E-state index >= 15 is 0 Å². The summed E-state index contributed by atoms with van der Waals surface area (Å²) < 4.78 is 0. The number of hydrogen-bond acceptors (Lipinski definition) is 1. The highest BCUT2D eigenvalue weighted by molar-refractivity contribution is 5.84. The maximum Gasteiger partial charge on any atom is 0.136 e. The molecule has 0 saturated heterocycles. The van der Waals surface area contributed by atoms with Crippen molar-refractivity contribution in [1.82, 2.24) is 0 Å². The molecule has 1 nitrogen and oxygen atoms in total. The van der Waals surface area contributed by atoms with Crippen molar-refractivity contribution in [2.24, 2.45) is 5.92 Å². The number of hydrogen-bond donors (Lipinski definition) is 0. The zero-order chi connectivity index (χ0) is 8.10. The van der Waals surface area contributed by atoms with Gasteiger partial charge in [-0.3, -0.25) is 4.79 Å². The largest absolute Gasteiger partial charge is 0.299 e. The van der Waals surface area contributed by atoms with Crippen LogP contribution in [0.1, 0.15) is 44.9 Å². The van der Waals surface area contributed by atoms with Gasteiger partial charge in [-0.1, -0.05) is 32.1 Å². The van der Waals surface area contributed by atoms with Crippen LogP contribution in [0.3, 0.4) is 0 Å². The molecule has 1 radical (unpaired) electrons. The predicted molar refractivity (Wildman–Crippen MR) is 46.2 cm³/mol. The van der Waals surface area contributed by atoms with Crippen molar-refractivity contribution in [2.75, 3.05) is 0 Å². The van der Waals surface area contributed by atoms with E-state index in [2.05, 4.69) is 6.92 Å². The molecule has 0 heterocycles. The fraction of sp³-hybridized carbons (Fsp3) is 0.800. The van der Waals surface area contributed by atoms with Gasteiger partial charge < -0.3 is 0 Å². The third kappa shape index (κ3) is 3.04. The molecule has 0 unspecified atom stereocenters. The van der Waals surface area contributed by atoms with Crippen LogP contribution in [0.5, 0.6) is 0 Å². The van der Waals surface area contributed by atoms with E-state index in [-0.39, 0.29) is 11.7 Å². The SMILES string of the molecule is [CH2]C(=O)C1CCCCCCC1.